The van der Waals surface area contributed by atoms with Gasteiger partial charge in [-0.3, -0.25) is 4.79 Å². The first-order valence-corrected chi connectivity index (χ1v) is 7.20. The van der Waals surface area contributed by atoms with Crippen molar-refractivity contribution >= 4 is 5.91 Å². The van der Waals surface area contributed by atoms with Crippen LogP contribution in [0.5, 0.6) is 5.88 Å². The van der Waals surface area contributed by atoms with E-state index in [0.29, 0.717) is 11.6 Å². The monoisotopic (exact) mass is 263 g/mol. The molecule has 0 unspecified atom stereocenters. The molecule has 2 aliphatic rings. The first kappa shape index (κ1) is 12.5. The van der Waals surface area contributed by atoms with Gasteiger partial charge in [-0.25, -0.2) is 4.68 Å². The molecule has 0 saturated heterocycles. The topological polar surface area (TPSA) is 47.4 Å². The highest BCUT2D eigenvalue weighted by molar-refractivity contribution is 5.94. The van der Waals surface area contributed by atoms with Crippen molar-refractivity contribution in [1.29, 1.82) is 0 Å². The molecule has 0 aromatic carbocycles. The molecule has 0 spiro atoms. The number of carbonyl (C=O) groups is 1. The van der Waals surface area contributed by atoms with Gasteiger partial charge in [-0.05, 0) is 32.6 Å². The Bertz CT molecular complexity index is 491. The molecule has 0 bridgehead atoms. The molecule has 1 fully saturated rings. The summed E-state index contributed by atoms with van der Waals surface area (Å²) < 4.78 is 7.45. The van der Waals surface area contributed by atoms with Crippen LogP contribution >= 0.6 is 0 Å². The van der Waals surface area contributed by atoms with E-state index in [4.69, 9.17) is 4.74 Å². The van der Waals surface area contributed by atoms with Gasteiger partial charge in [-0.1, -0.05) is 0 Å². The quantitative estimate of drug-likeness (QED) is 0.833. The predicted molar refractivity (Wildman–Crippen MR) is 71.4 cm³/mol. The van der Waals surface area contributed by atoms with E-state index in [9.17, 15) is 4.79 Å². The standard InChI is InChI=1S/C14H21N3O2/c1-3-16(9-11-5-6-11)13(18)12-10(2)14-17(15-12)7-4-8-19-14/h11H,3-9H2,1-2H3. The normalized spacial score (nSPS) is 17.8. The van der Waals surface area contributed by atoms with Gasteiger partial charge in [0.1, 0.15) is 0 Å². The maximum atomic E-state index is 12.6. The van der Waals surface area contributed by atoms with Crippen LogP contribution in [0.4, 0.5) is 0 Å². The van der Waals surface area contributed by atoms with Crippen LogP contribution in [0.2, 0.25) is 0 Å². The molecule has 2 heterocycles. The molecule has 1 amide bonds. The fourth-order valence-electron chi connectivity index (χ4n) is 2.57. The van der Waals surface area contributed by atoms with Crippen LogP contribution in [-0.2, 0) is 6.54 Å². The third-order valence-corrected chi connectivity index (χ3v) is 3.93. The molecule has 3 rings (SSSR count). The summed E-state index contributed by atoms with van der Waals surface area (Å²) in [4.78, 5) is 14.5. The average Bonchev–Trinajstić information content (AvgIpc) is 3.19. The summed E-state index contributed by atoms with van der Waals surface area (Å²) in [5.41, 5.74) is 1.46. The fraction of sp³-hybridized carbons (Fsp3) is 0.714. The Hall–Kier alpha value is -1.52. The minimum absolute atomic E-state index is 0.0531. The van der Waals surface area contributed by atoms with Gasteiger partial charge < -0.3 is 9.64 Å². The van der Waals surface area contributed by atoms with Gasteiger partial charge in [0, 0.05) is 31.6 Å². The Kier molecular flexibility index (Phi) is 3.21. The van der Waals surface area contributed by atoms with E-state index in [-0.39, 0.29) is 5.91 Å². The predicted octanol–water partition coefficient (Wildman–Crippen LogP) is 1.85. The largest absolute Gasteiger partial charge is 0.478 e. The molecule has 19 heavy (non-hydrogen) atoms. The summed E-state index contributed by atoms with van der Waals surface area (Å²) in [7, 11) is 0. The minimum atomic E-state index is 0.0531. The maximum absolute atomic E-state index is 12.6. The minimum Gasteiger partial charge on any atom is -0.478 e. The zero-order valence-corrected chi connectivity index (χ0v) is 11.7. The van der Waals surface area contributed by atoms with E-state index in [0.717, 1.165) is 44.1 Å². The van der Waals surface area contributed by atoms with E-state index >= 15 is 0 Å². The zero-order chi connectivity index (χ0) is 13.4. The number of nitrogens with zero attached hydrogens (tertiary/aromatic N) is 3. The summed E-state index contributed by atoms with van der Waals surface area (Å²) in [6.07, 6.45) is 3.47. The first-order chi connectivity index (χ1) is 9.20. The lowest BCUT2D eigenvalue weighted by molar-refractivity contribution is 0.0749. The SMILES string of the molecule is CCN(CC1CC1)C(=O)c1nn2c(c1C)OCCC2. The number of aromatic nitrogens is 2. The molecule has 1 aliphatic carbocycles. The summed E-state index contributed by atoms with van der Waals surface area (Å²) in [5.74, 6) is 1.53. The Labute approximate surface area is 113 Å². The lowest BCUT2D eigenvalue weighted by Crippen LogP contribution is -2.33. The maximum Gasteiger partial charge on any atom is 0.274 e. The third-order valence-electron chi connectivity index (χ3n) is 3.93. The van der Waals surface area contributed by atoms with E-state index in [1.165, 1.54) is 12.8 Å². The number of rotatable bonds is 4. The van der Waals surface area contributed by atoms with Gasteiger partial charge in [0.2, 0.25) is 5.88 Å². The second-order valence-electron chi connectivity index (χ2n) is 5.49. The molecule has 104 valence electrons. The Morgan fingerprint density at radius 3 is 2.95 bits per heavy atom. The van der Waals surface area contributed by atoms with Crippen LogP contribution in [0.15, 0.2) is 0 Å². The molecule has 1 aromatic rings. The van der Waals surface area contributed by atoms with E-state index in [1.807, 2.05) is 23.4 Å². The number of hydrogen-bond donors (Lipinski definition) is 0. The Morgan fingerprint density at radius 2 is 2.32 bits per heavy atom. The summed E-state index contributed by atoms with van der Waals surface area (Å²) in [6.45, 7) is 7.15. The van der Waals surface area contributed by atoms with Crippen LogP contribution in [0.25, 0.3) is 0 Å². The van der Waals surface area contributed by atoms with Crippen molar-refractivity contribution in [3.63, 3.8) is 0 Å². The van der Waals surface area contributed by atoms with Gasteiger partial charge >= 0.3 is 0 Å². The smallest absolute Gasteiger partial charge is 0.274 e. The van der Waals surface area contributed by atoms with Crippen molar-refractivity contribution in [1.82, 2.24) is 14.7 Å². The van der Waals surface area contributed by atoms with Crippen molar-refractivity contribution in [3.8, 4) is 5.88 Å². The molecular formula is C14H21N3O2. The highest BCUT2D eigenvalue weighted by Gasteiger charge is 2.30. The highest BCUT2D eigenvalue weighted by Crippen LogP contribution is 2.31. The molecule has 5 nitrogen and oxygen atoms in total. The number of amides is 1. The van der Waals surface area contributed by atoms with Crippen LogP contribution in [0.3, 0.4) is 0 Å². The molecular weight excluding hydrogens is 242 g/mol. The van der Waals surface area contributed by atoms with Gasteiger partial charge in [0.15, 0.2) is 5.69 Å². The number of hydrogen-bond acceptors (Lipinski definition) is 3. The average molecular weight is 263 g/mol. The summed E-state index contributed by atoms with van der Waals surface area (Å²) >= 11 is 0. The lowest BCUT2D eigenvalue weighted by atomic mass is 10.2. The molecule has 1 aliphatic heterocycles. The first-order valence-electron chi connectivity index (χ1n) is 7.20. The van der Waals surface area contributed by atoms with Crippen LogP contribution in [0, 0.1) is 12.8 Å². The van der Waals surface area contributed by atoms with Crippen molar-refractivity contribution in [2.24, 2.45) is 5.92 Å². The second kappa shape index (κ2) is 4.87. The Morgan fingerprint density at radius 1 is 1.53 bits per heavy atom. The van der Waals surface area contributed by atoms with Crippen molar-refractivity contribution in [3.05, 3.63) is 11.3 Å². The van der Waals surface area contributed by atoms with Crippen molar-refractivity contribution in [2.45, 2.75) is 39.7 Å². The van der Waals surface area contributed by atoms with Gasteiger partial charge in [0.25, 0.3) is 5.91 Å². The Balaban J connectivity index is 1.83. The highest BCUT2D eigenvalue weighted by atomic mass is 16.5. The molecule has 0 radical (unpaired) electrons. The summed E-state index contributed by atoms with van der Waals surface area (Å²) in [5, 5.41) is 4.45. The van der Waals surface area contributed by atoms with Gasteiger partial charge in [-0.15, -0.1) is 0 Å². The zero-order valence-electron chi connectivity index (χ0n) is 11.7. The van der Waals surface area contributed by atoms with Crippen LogP contribution in [0.1, 0.15) is 42.2 Å². The molecule has 0 atom stereocenters. The van der Waals surface area contributed by atoms with Crippen LogP contribution < -0.4 is 4.74 Å². The third kappa shape index (κ3) is 2.33. The number of fused-ring (bicyclic) bond motifs is 1. The molecule has 1 aromatic heterocycles. The van der Waals surface area contributed by atoms with Crippen molar-refractivity contribution < 1.29 is 9.53 Å². The van der Waals surface area contributed by atoms with Gasteiger partial charge in [-0.2, -0.15) is 5.10 Å². The number of ether oxygens (including phenoxy) is 1. The van der Waals surface area contributed by atoms with Gasteiger partial charge in [0.05, 0.1) is 6.61 Å². The van der Waals surface area contributed by atoms with E-state index in [1.54, 1.807) is 0 Å². The van der Waals surface area contributed by atoms with Crippen LogP contribution in [-0.4, -0.2) is 40.3 Å². The second-order valence-corrected chi connectivity index (χ2v) is 5.49. The van der Waals surface area contributed by atoms with E-state index < -0.39 is 0 Å². The fourth-order valence-corrected chi connectivity index (χ4v) is 2.57. The van der Waals surface area contributed by atoms with E-state index in [2.05, 4.69) is 5.10 Å². The molecule has 1 saturated carbocycles. The summed E-state index contributed by atoms with van der Waals surface area (Å²) in [6, 6.07) is 0. The van der Waals surface area contributed by atoms with Crippen molar-refractivity contribution in [2.75, 3.05) is 19.7 Å². The lowest BCUT2D eigenvalue weighted by Gasteiger charge is -2.19. The number of aryl methyl sites for hydroxylation is 1. The molecule has 0 N–H and O–H groups in total. The molecule has 5 heteroatoms. The number of carbonyl (C=O) groups excluding carboxylic acids is 1.